The van der Waals surface area contributed by atoms with E-state index in [1.165, 1.54) is 11.6 Å². The van der Waals surface area contributed by atoms with Crippen LogP contribution in [0.2, 0.25) is 0 Å². The molecule has 0 radical (unpaired) electrons. The highest BCUT2D eigenvalue weighted by Gasteiger charge is 2.08. The lowest BCUT2D eigenvalue weighted by molar-refractivity contribution is -0.131. The van der Waals surface area contributed by atoms with Crippen LogP contribution < -0.4 is 10.3 Å². The number of hydrogen-bond acceptors (Lipinski definition) is 5. The first kappa shape index (κ1) is 18.5. The van der Waals surface area contributed by atoms with Gasteiger partial charge in [0.25, 0.3) is 5.56 Å². The van der Waals surface area contributed by atoms with Gasteiger partial charge in [0.1, 0.15) is 11.6 Å². The third-order valence-electron chi connectivity index (χ3n) is 3.50. The minimum atomic E-state index is -0.400. The van der Waals surface area contributed by atoms with Crippen molar-refractivity contribution in [3.05, 3.63) is 67.1 Å². The predicted molar refractivity (Wildman–Crippen MR) is 107 cm³/mol. The van der Waals surface area contributed by atoms with Gasteiger partial charge in [-0.2, -0.15) is 9.78 Å². The summed E-state index contributed by atoms with van der Waals surface area (Å²) in [6.07, 6.45) is 1.54. The summed E-state index contributed by atoms with van der Waals surface area (Å²) in [6.45, 7) is 3.06. The maximum atomic E-state index is 12.7. The maximum absolute atomic E-state index is 12.7. The van der Waals surface area contributed by atoms with Crippen LogP contribution in [0.25, 0.3) is 10.9 Å². The molecular weight excluding hydrogens is 466 g/mol. The number of ether oxygens (including phenoxy) is 1. The van der Waals surface area contributed by atoms with Gasteiger partial charge in [-0.15, -0.1) is 0 Å². The molecule has 0 saturated heterocycles. The Morgan fingerprint density at radius 2 is 2.00 bits per heavy atom. The summed E-state index contributed by atoms with van der Waals surface area (Å²) in [5.41, 5.74) is 1.10. The number of halogens is 2. The van der Waals surface area contributed by atoms with Crippen molar-refractivity contribution in [3.8, 4) is 5.75 Å². The second-order valence-electron chi connectivity index (χ2n) is 5.47. The number of rotatable bonds is 3. The number of aryl methyl sites for hydroxylation is 1. The van der Waals surface area contributed by atoms with Gasteiger partial charge >= 0.3 is 5.97 Å². The quantitative estimate of drug-likeness (QED) is 0.323. The first-order valence-electron chi connectivity index (χ1n) is 7.56. The molecule has 2 aromatic carbocycles. The molecule has 0 unspecified atom stereocenters. The molecule has 3 aromatic rings. The summed E-state index contributed by atoms with van der Waals surface area (Å²) in [5.74, 6) is 0.500. The largest absolute Gasteiger partial charge is 0.426 e. The van der Waals surface area contributed by atoms with Crippen LogP contribution in [0, 0.1) is 6.92 Å². The van der Waals surface area contributed by atoms with E-state index >= 15 is 0 Å². The van der Waals surface area contributed by atoms with Gasteiger partial charge in [-0.05, 0) is 64.8 Å². The van der Waals surface area contributed by atoms with Gasteiger partial charge < -0.3 is 4.74 Å². The van der Waals surface area contributed by atoms with E-state index in [2.05, 4.69) is 41.9 Å². The van der Waals surface area contributed by atoms with Crippen molar-refractivity contribution in [2.45, 2.75) is 13.8 Å². The standard InChI is InChI=1S/C18H13Br2N3O3/c1-10-22-16-5-4-13(19)8-14(16)18(25)23(10)21-9-12-3-6-17(15(20)7-12)26-11(2)24/h3-9H,1-2H3. The van der Waals surface area contributed by atoms with Crippen molar-refractivity contribution in [1.29, 1.82) is 0 Å². The first-order valence-corrected chi connectivity index (χ1v) is 9.15. The lowest BCUT2D eigenvalue weighted by atomic mass is 10.2. The van der Waals surface area contributed by atoms with Crippen LogP contribution in [0.4, 0.5) is 0 Å². The topological polar surface area (TPSA) is 73.5 Å². The molecule has 3 rings (SSSR count). The van der Waals surface area contributed by atoms with E-state index in [-0.39, 0.29) is 5.56 Å². The highest BCUT2D eigenvalue weighted by molar-refractivity contribution is 9.10. The van der Waals surface area contributed by atoms with E-state index in [0.29, 0.717) is 26.9 Å². The molecule has 0 bridgehead atoms. The van der Waals surface area contributed by atoms with Crippen molar-refractivity contribution in [2.75, 3.05) is 0 Å². The first-order chi connectivity index (χ1) is 12.3. The second kappa shape index (κ2) is 7.51. The van der Waals surface area contributed by atoms with Gasteiger partial charge in [-0.3, -0.25) is 9.59 Å². The van der Waals surface area contributed by atoms with Crippen LogP contribution in [0.15, 0.2) is 55.2 Å². The van der Waals surface area contributed by atoms with E-state index in [0.717, 1.165) is 10.0 Å². The van der Waals surface area contributed by atoms with Crippen LogP contribution in [0.5, 0.6) is 5.75 Å². The Morgan fingerprint density at radius 1 is 1.23 bits per heavy atom. The summed E-state index contributed by atoms with van der Waals surface area (Å²) in [7, 11) is 0. The Bertz CT molecular complexity index is 1110. The third-order valence-corrected chi connectivity index (χ3v) is 4.62. The Hall–Kier alpha value is -2.32. The molecule has 0 aliphatic rings. The Morgan fingerprint density at radius 3 is 2.69 bits per heavy atom. The summed E-state index contributed by atoms with van der Waals surface area (Å²) in [5, 5.41) is 4.74. The summed E-state index contributed by atoms with van der Waals surface area (Å²) in [4.78, 5) is 28.2. The minimum Gasteiger partial charge on any atom is -0.426 e. The smallest absolute Gasteiger partial charge is 0.308 e. The zero-order chi connectivity index (χ0) is 18.8. The predicted octanol–water partition coefficient (Wildman–Crippen LogP) is 4.04. The van der Waals surface area contributed by atoms with E-state index in [1.54, 1.807) is 43.5 Å². The lowest BCUT2D eigenvalue weighted by Crippen LogP contribution is -2.20. The van der Waals surface area contributed by atoms with Gasteiger partial charge in [0.05, 0.1) is 21.6 Å². The van der Waals surface area contributed by atoms with Gasteiger partial charge in [0.2, 0.25) is 0 Å². The van der Waals surface area contributed by atoms with Crippen LogP contribution in [-0.2, 0) is 4.79 Å². The molecule has 26 heavy (non-hydrogen) atoms. The molecule has 0 spiro atoms. The molecule has 8 heteroatoms. The van der Waals surface area contributed by atoms with E-state index in [4.69, 9.17) is 4.74 Å². The van der Waals surface area contributed by atoms with E-state index < -0.39 is 5.97 Å². The monoisotopic (exact) mass is 477 g/mol. The van der Waals surface area contributed by atoms with Gasteiger partial charge in [0, 0.05) is 11.4 Å². The molecule has 6 nitrogen and oxygen atoms in total. The molecule has 0 aliphatic carbocycles. The van der Waals surface area contributed by atoms with Crippen molar-refractivity contribution in [2.24, 2.45) is 5.10 Å². The molecule has 0 saturated carbocycles. The Kier molecular flexibility index (Phi) is 5.33. The lowest BCUT2D eigenvalue weighted by Gasteiger charge is -2.06. The molecule has 0 N–H and O–H groups in total. The number of aromatic nitrogens is 2. The van der Waals surface area contributed by atoms with Crippen LogP contribution in [0.1, 0.15) is 18.3 Å². The number of esters is 1. The fourth-order valence-electron chi connectivity index (χ4n) is 2.36. The summed E-state index contributed by atoms with van der Waals surface area (Å²) < 4.78 is 7.72. The molecular formula is C18H13Br2N3O3. The number of hydrogen-bond donors (Lipinski definition) is 0. The SMILES string of the molecule is CC(=O)Oc1ccc(C=Nn2c(C)nc3ccc(Br)cc3c2=O)cc1Br. The second-order valence-corrected chi connectivity index (χ2v) is 7.24. The average molecular weight is 479 g/mol. The molecule has 0 atom stereocenters. The summed E-state index contributed by atoms with van der Waals surface area (Å²) in [6, 6.07) is 10.5. The molecule has 0 amide bonds. The third kappa shape index (κ3) is 3.91. The zero-order valence-electron chi connectivity index (χ0n) is 13.9. The van der Waals surface area contributed by atoms with Crippen LogP contribution >= 0.6 is 31.9 Å². The zero-order valence-corrected chi connectivity index (χ0v) is 17.0. The number of nitrogens with zero attached hydrogens (tertiary/aromatic N) is 3. The number of carbonyl (C=O) groups is 1. The van der Waals surface area contributed by atoms with Gasteiger partial charge in [-0.25, -0.2) is 4.98 Å². The normalized spacial score (nSPS) is 11.2. The van der Waals surface area contributed by atoms with Gasteiger partial charge in [0.15, 0.2) is 0 Å². The Balaban J connectivity index is 1.99. The maximum Gasteiger partial charge on any atom is 0.308 e. The molecule has 1 heterocycles. The van der Waals surface area contributed by atoms with Gasteiger partial charge in [-0.1, -0.05) is 15.9 Å². The molecule has 132 valence electrons. The van der Waals surface area contributed by atoms with Crippen LogP contribution in [-0.4, -0.2) is 21.8 Å². The molecule has 0 aliphatic heterocycles. The van der Waals surface area contributed by atoms with Crippen LogP contribution in [0.3, 0.4) is 0 Å². The highest BCUT2D eigenvalue weighted by Crippen LogP contribution is 2.25. The van der Waals surface area contributed by atoms with Crippen molar-refractivity contribution in [1.82, 2.24) is 9.66 Å². The number of benzene rings is 2. The van der Waals surface area contributed by atoms with Crippen molar-refractivity contribution in [3.63, 3.8) is 0 Å². The number of carbonyl (C=O) groups excluding carboxylic acids is 1. The highest BCUT2D eigenvalue weighted by atomic mass is 79.9. The fraction of sp³-hybridized carbons (Fsp3) is 0.111. The summed E-state index contributed by atoms with van der Waals surface area (Å²) >= 11 is 6.71. The van der Waals surface area contributed by atoms with E-state index in [9.17, 15) is 9.59 Å². The van der Waals surface area contributed by atoms with Crippen molar-refractivity contribution >= 4 is 54.9 Å². The van der Waals surface area contributed by atoms with Crippen molar-refractivity contribution < 1.29 is 9.53 Å². The minimum absolute atomic E-state index is 0.249. The fourth-order valence-corrected chi connectivity index (χ4v) is 3.19. The molecule has 1 aromatic heterocycles. The Labute approximate surface area is 165 Å². The van der Waals surface area contributed by atoms with E-state index in [1.807, 2.05) is 6.07 Å². The molecule has 0 fully saturated rings. The average Bonchev–Trinajstić information content (AvgIpc) is 2.57. The number of fused-ring (bicyclic) bond motifs is 1.